The van der Waals surface area contributed by atoms with Crippen molar-refractivity contribution in [3.05, 3.63) is 50.6 Å². The third-order valence-corrected chi connectivity index (χ3v) is 4.86. The molecule has 0 aliphatic carbocycles. The van der Waals surface area contributed by atoms with E-state index in [1.54, 1.807) is 11.3 Å². The number of halogens is 1. The fraction of sp³-hybridized carbons (Fsp3) is 0.333. The Balaban J connectivity index is 2.05. The van der Waals surface area contributed by atoms with Crippen LogP contribution in [0, 0.1) is 0 Å². The summed E-state index contributed by atoms with van der Waals surface area (Å²) in [5.41, 5.74) is 3.90. The predicted octanol–water partition coefficient (Wildman–Crippen LogP) is 4.43. The average Bonchev–Trinajstić information content (AvgIpc) is 2.83. The third kappa shape index (κ3) is 3.81. The molecule has 0 fully saturated rings. The average molecular weight is 339 g/mol. The van der Waals surface area contributed by atoms with Crippen LogP contribution in [0.5, 0.6) is 0 Å². The summed E-state index contributed by atoms with van der Waals surface area (Å²) in [6.45, 7) is 3.10. The second kappa shape index (κ2) is 6.55. The normalized spacial score (nSPS) is 12.4. The third-order valence-electron chi connectivity index (χ3n) is 3.31. The number of hydrogen-bond donors (Lipinski definition) is 1. The van der Waals surface area contributed by atoms with Crippen molar-refractivity contribution in [2.45, 2.75) is 19.5 Å². The van der Waals surface area contributed by atoms with E-state index in [2.05, 4.69) is 75.8 Å². The van der Waals surface area contributed by atoms with Crippen molar-refractivity contribution in [2.24, 2.45) is 0 Å². The molecule has 4 heteroatoms. The maximum atomic E-state index is 3.50. The highest BCUT2D eigenvalue weighted by Crippen LogP contribution is 2.24. The lowest BCUT2D eigenvalue weighted by Gasteiger charge is -2.20. The molecule has 0 radical (unpaired) electrons. The van der Waals surface area contributed by atoms with E-state index in [1.165, 1.54) is 20.6 Å². The highest BCUT2D eigenvalue weighted by Gasteiger charge is 2.06. The lowest BCUT2D eigenvalue weighted by Crippen LogP contribution is -2.16. The van der Waals surface area contributed by atoms with E-state index in [9.17, 15) is 0 Å². The van der Waals surface area contributed by atoms with E-state index in [0.717, 1.165) is 6.54 Å². The Kier molecular flexibility index (Phi) is 5.02. The van der Waals surface area contributed by atoms with Gasteiger partial charge in [0, 0.05) is 25.3 Å². The molecule has 0 spiro atoms. The summed E-state index contributed by atoms with van der Waals surface area (Å²) in [6, 6.07) is 11.3. The minimum absolute atomic E-state index is 0.396. The van der Waals surface area contributed by atoms with Gasteiger partial charge in [-0.25, -0.2) is 0 Å². The van der Waals surface area contributed by atoms with Crippen molar-refractivity contribution in [3.63, 3.8) is 0 Å². The van der Waals surface area contributed by atoms with Crippen molar-refractivity contribution >= 4 is 33.0 Å². The first kappa shape index (κ1) is 14.6. The van der Waals surface area contributed by atoms with Crippen LogP contribution in [0.2, 0.25) is 0 Å². The molecule has 1 atom stereocenters. The molecule has 1 heterocycles. The van der Waals surface area contributed by atoms with Gasteiger partial charge in [0.15, 0.2) is 0 Å². The second-order valence-corrected chi connectivity index (χ2v) is 7.01. The summed E-state index contributed by atoms with van der Waals surface area (Å²) in [4.78, 5) is 2.27. The van der Waals surface area contributed by atoms with Crippen LogP contribution in [0.1, 0.15) is 24.1 Å². The van der Waals surface area contributed by atoms with Crippen LogP contribution in [0.25, 0.3) is 0 Å². The molecule has 102 valence electrons. The summed E-state index contributed by atoms with van der Waals surface area (Å²) in [5, 5.41) is 5.45. The van der Waals surface area contributed by atoms with Gasteiger partial charge in [-0.05, 0) is 64.6 Å². The Hall–Kier alpha value is -0.840. The highest BCUT2D eigenvalue weighted by molar-refractivity contribution is 9.11. The maximum Gasteiger partial charge on any atom is 0.0701 e. The maximum absolute atomic E-state index is 3.50. The van der Waals surface area contributed by atoms with Crippen LogP contribution in [-0.4, -0.2) is 14.1 Å². The summed E-state index contributed by atoms with van der Waals surface area (Å²) in [6.07, 6.45) is 0. The predicted molar refractivity (Wildman–Crippen MR) is 88.0 cm³/mol. The Labute approximate surface area is 127 Å². The Morgan fingerprint density at radius 2 is 2.00 bits per heavy atom. The lowest BCUT2D eigenvalue weighted by molar-refractivity contribution is 0.652. The van der Waals surface area contributed by atoms with Gasteiger partial charge in [0.25, 0.3) is 0 Å². The van der Waals surface area contributed by atoms with E-state index in [0.29, 0.717) is 6.04 Å². The van der Waals surface area contributed by atoms with Crippen molar-refractivity contribution < 1.29 is 0 Å². The number of anilines is 1. The first-order valence-electron chi connectivity index (χ1n) is 6.31. The van der Waals surface area contributed by atoms with Gasteiger partial charge in [-0.15, -0.1) is 11.3 Å². The van der Waals surface area contributed by atoms with Crippen molar-refractivity contribution in [1.29, 1.82) is 0 Å². The highest BCUT2D eigenvalue weighted by atomic mass is 79.9. The standard InChI is InChI=1S/C15H19BrN2S/c1-11(17-2)13-4-6-14(7-5-13)18(3)9-12-8-15(16)19-10-12/h4-8,10-11,17H,9H2,1-3H3. The topological polar surface area (TPSA) is 15.3 Å². The zero-order valence-corrected chi connectivity index (χ0v) is 13.9. The Morgan fingerprint density at radius 3 is 2.53 bits per heavy atom. The van der Waals surface area contributed by atoms with E-state index < -0.39 is 0 Å². The summed E-state index contributed by atoms with van der Waals surface area (Å²) < 4.78 is 1.19. The minimum Gasteiger partial charge on any atom is -0.370 e. The zero-order chi connectivity index (χ0) is 13.8. The number of benzene rings is 1. The number of nitrogens with one attached hydrogen (secondary N) is 1. The monoisotopic (exact) mass is 338 g/mol. The largest absolute Gasteiger partial charge is 0.370 e. The Morgan fingerprint density at radius 1 is 1.32 bits per heavy atom. The summed E-state index contributed by atoms with van der Waals surface area (Å²) in [7, 11) is 4.11. The molecule has 0 saturated heterocycles. The number of nitrogens with zero attached hydrogens (tertiary/aromatic N) is 1. The van der Waals surface area contributed by atoms with Gasteiger partial charge in [-0.1, -0.05) is 12.1 Å². The molecule has 1 aromatic carbocycles. The zero-order valence-electron chi connectivity index (χ0n) is 11.5. The van der Waals surface area contributed by atoms with Gasteiger partial charge in [0.1, 0.15) is 0 Å². The van der Waals surface area contributed by atoms with Crippen molar-refractivity contribution in [1.82, 2.24) is 5.32 Å². The smallest absolute Gasteiger partial charge is 0.0701 e. The molecule has 0 amide bonds. The summed E-state index contributed by atoms with van der Waals surface area (Å²) >= 11 is 5.24. The summed E-state index contributed by atoms with van der Waals surface area (Å²) in [5.74, 6) is 0. The van der Waals surface area contributed by atoms with Crippen LogP contribution in [0.15, 0.2) is 39.5 Å². The van der Waals surface area contributed by atoms with Crippen LogP contribution < -0.4 is 10.2 Å². The van der Waals surface area contributed by atoms with Crippen LogP contribution in [0.4, 0.5) is 5.69 Å². The Bertz CT molecular complexity index is 521. The van der Waals surface area contributed by atoms with Crippen molar-refractivity contribution in [3.8, 4) is 0 Å². The van der Waals surface area contributed by atoms with Crippen LogP contribution >= 0.6 is 27.3 Å². The molecule has 2 rings (SSSR count). The first-order valence-corrected chi connectivity index (χ1v) is 7.98. The molecule has 1 unspecified atom stereocenters. The fourth-order valence-electron chi connectivity index (χ4n) is 1.98. The van der Waals surface area contributed by atoms with Crippen LogP contribution in [0.3, 0.4) is 0 Å². The molecular formula is C15H19BrN2S. The first-order chi connectivity index (χ1) is 9.10. The fourth-order valence-corrected chi connectivity index (χ4v) is 3.18. The van der Waals surface area contributed by atoms with Crippen molar-refractivity contribution in [2.75, 3.05) is 19.0 Å². The molecule has 2 aromatic rings. The van der Waals surface area contributed by atoms with E-state index in [4.69, 9.17) is 0 Å². The minimum atomic E-state index is 0.396. The van der Waals surface area contributed by atoms with Gasteiger partial charge in [0.05, 0.1) is 3.79 Å². The number of thiophene rings is 1. The second-order valence-electron chi connectivity index (χ2n) is 4.72. The molecular weight excluding hydrogens is 320 g/mol. The lowest BCUT2D eigenvalue weighted by atomic mass is 10.1. The molecule has 1 aromatic heterocycles. The molecule has 0 aliphatic rings. The number of rotatable bonds is 5. The van der Waals surface area contributed by atoms with Gasteiger partial charge in [-0.3, -0.25) is 0 Å². The van der Waals surface area contributed by atoms with Gasteiger partial charge >= 0.3 is 0 Å². The molecule has 19 heavy (non-hydrogen) atoms. The van der Waals surface area contributed by atoms with Gasteiger partial charge in [0.2, 0.25) is 0 Å². The molecule has 0 aliphatic heterocycles. The van der Waals surface area contributed by atoms with Crippen LogP contribution in [-0.2, 0) is 6.54 Å². The molecule has 0 saturated carbocycles. The van der Waals surface area contributed by atoms with E-state index >= 15 is 0 Å². The quantitative estimate of drug-likeness (QED) is 0.867. The van der Waals surface area contributed by atoms with Gasteiger partial charge in [-0.2, -0.15) is 0 Å². The van der Waals surface area contributed by atoms with E-state index in [1.807, 2.05) is 7.05 Å². The van der Waals surface area contributed by atoms with Gasteiger partial charge < -0.3 is 10.2 Å². The molecule has 1 N–H and O–H groups in total. The number of hydrogen-bond acceptors (Lipinski definition) is 3. The molecule has 0 bridgehead atoms. The SMILES string of the molecule is CNC(C)c1ccc(N(C)Cc2csc(Br)c2)cc1. The van der Waals surface area contributed by atoms with E-state index in [-0.39, 0.29) is 0 Å². The molecule has 2 nitrogen and oxygen atoms in total.